The molecule has 1 aliphatic heterocycles. The number of alkyl halides is 3. The Hall–Kier alpha value is -2.43. The van der Waals surface area contributed by atoms with Gasteiger partial charge in [-0.25, -0.2) is 8.42 Å². The minimum atomic E-state index is -4.47. The van der Waals surface area contributed by atoms with Crippen molar-refractivity contribution in [2.24, 2.45) is 0 Å². The summed E-state index contributed by atoms with van der Waals surface area (Å²) < 4.78 is 71.3. The van der Waals surface area contributed by atoms with E-state index in [-0.39, 0.29) is 30.1 Å². The largest absolute Gasteiger partial charge is 0.416 e. The molecule has 1 amide bonds. The van der Waals surface area contributed by atoms with Crippen LogP contribution in [0.3, 0.4) is 0 Å². The first kappa shape index (κ1) is 23.2. The van der Waals surface area contributed by atoms with Gasteiger partial charge in [0.25, 0.3) is 5.91 Å². The molecule has 0 bridgehead atoms. The van der Waals surface area contributed by atoms with Crippen LogP contribution in [0.5, 0.6) is 0 Å². The van der Waals surface area contributed by atoms with E-state index in [9.17, 15) is 26.4 Å². The summed E-state index contributed by atoms with van der Waals surface area (Å²) in [5, 5.41) is 0. The fraction of sp³-hybridized carbons (Fsp3) is 0.381. The van der Waals surface area contributed by atoms with Crippen LogP contribution in [-0.2, 0) is 27.5 Å². The number of sulfonamides is 1. The van der Waals surface area contributed by atoms with E-state index in [0.29, 0.717) is 24.3 Å². The third-order valence-electron chi connectivity index (χ3n) is 5.04. The summed E-state index contributed by atoms with van der Waals surface area (Å²) >= 11 is 0. The van der Waals surface area contributed by atoms with Crippen molar-refractivity contribution in [2.75, 3.05) is 33.4 Å². The monoisotopic (exact) mass is 456 g/mol. The summed E-state index contributed by atoms with van der Waals surface area (Å²) in [4.78, 5) is 14.2. The van der Waals surface area contributed by atoms with E-state index in [1.54, 1.807) is 13.0 Å². The molecule has 2 aromatic rings. The first-order valence-electron chi connectivity index (χ1n) is 9.60. The number of carbonyl (C=O) groups is 1. The van der Waals surface area contributed by atoms with Crippen LogP contribution in [0.2, 0.25) is 0 Å². The summed E-state index contributed by atoms with van der Waals surface area (Å²) in [6.07, 6.45) is -4.47. The molecule has 0 saturated carbocycles. The second-order valence-corrected chi connectivity index (χ2v) is 9.26. The van der Waals surface area contributed by atoms with Crippen molar-refractivity contribution >= 4 is 15.9 Å². The van der Waals surface area contributed by atoms with Crippen molar-refractivity contribution in [3.8, 4) is 0 Å². The van der Waals surface area contributed by atoms with Gasteiger partial charge in [0, 0.05) is 32.2 Å². The lowest BCUT2D eigenvalue weighted by Crippen LogP contribution is -2.41. The molecule has 2 aromatic carbocycles. The number of halogens is 3. The minimum Gasteiger partial charge on any atom is -0.379 e. The van der Waals surface area contributed by atoms with Gasteiger partial charge in [-0.3, -0.25) is 4.79 Å². The van der Waals surface area contributed by atoms with Crippen LogP contribution in [0.1, 0.15) is 27.0 Å². The molecule has 0 aliphatic carbocycles. The number of hydrogen-bond donors (Lipinski definition) is 0. The molecule has 0 radical (unpaired) electrons. The van der Waals surface area contributed by atoms with Gasteiger partial charge in [0.1, 0.15) is 0 Å². The molecular formula is C21H23F3N2O4S. The summed E-state index contributed by atoms with van der Waals surface area (Å²) in [5.41, 5.74) is 0.175. The molecular weight excluding hydrogens is 433 g/mol. The van der Waals surface area contributed by atoms with Gasteiger partial charge in [0.2, 0.25) is 10.0 Å². The molecule has 0 spiro atoms. The molecule has 0 unspecified atom stereocenters. The van der Waals surface area contributed by atoms with Crippen molar-refractivity contribution < 1.29 is 31.1 Å². The molecule has 1 fully saturated rings. The maximum Gasteiger partial charge on any atom is 0.416 e. The van der Waals surface area contributed by atoms with E-state index >= 15 is 0 Å². The zero-order valence-corrected chi connectivity index (χ0v) is 18.0. The van der Waals surface area contributed by atoms with Crippen molar-refractivity contribution in [1.82, 2.24) is 9.21 Å². The first-order chi connectivity index (χ1) is 14.5. The van der Waals surface area contributed by atoms with Crippen LogP contribution in [0.15, 0.2) is 47.4 Å². The number of morpholine rings is 1. The summed E-state index contributed by atoms with van der Waals surface area (Å²) in [6.45, 7) is 2.66. The first-order valence-corrected chi connectivity index (χ1v) is 11.0. The highest BCUT2D eigenvalue weighted by molar-refractivity contribution is 7.89. The van der Waals surface area contributed by atoms with Crippen LogP contribution >= 0.6 is 0 Å². The van der Waals surface area contributed by atoms with Crippen molar-refractivity contribution in [1.29, 1.82) is 0 Å². The Morgan fingerprint density at radius 2 is 1.81 bits per heavy atom. The lowest BCUT2D eigenvalue weighted by Gasteiger charge is -2.27. The lowest BCUT2D eigenvalue weighted by molar-refractivity contribution is -0.137. The Balaban J connectivity index is 1.83. The second-order valence-electron chi connectivity index (χ2n) is 7.36. The molecule has 0 aromatic heterocycles. The average Bonchev–Trinajstić information content (AvgIpc) is 2.73. The number of nitrogens with zero attached hydrogens (tertiary/aromatic N) is 2. The molecule has 6 nitrogen and oxygen atoms in total. The Bertz CT molecular complexity index is 1060. The summed E-state index contributed by atoms with van der Waals surface area (Å²) in [6, 6.07) is 9.14. The maximum absolute atomic E-state index is 13.0. The SMILES string of the molecule is Cc1ccc(C(=O)N(C)Cc2cccc(C(F)(F)F)c2)cc1S(=O)(=O)N1CCOCC1. The molecule has 31 heavy (non-hydrogen) atoms. The number of aryl methyl sites for hydroxylation is 1. The Labute approximate surface area is 179 Å². The van der Waals surface area contributed by atoms with Gasteiger partial charge in [-0.15, -0.1) is 0 Å². The van der Waals surface area contributed by atoms with Crippen LogP contribution in [0.4, 0.5) is 13.2 Å². The highest BCUT2D eigenvalue weighted by atomic mass is 32.2. The van der Waals surface area contributed by atoms with Crippen LogP contribution in [-0.4, -0.2) is 56.9 Å². The molecule has 10 heteroatoms. The molecule has 1 heterocycles. The Morgan fingerprint density at radius 3 is 2.45 bits per heavy atom. The van der Waals surface area contributed by atoms with Gasteiger partial charge in [-0.05, 0) is 42.3 Å². The van der Waals surface area contributed by atoms with Gasteiger partial charge in [-0.1, -0.05) is 18.2 Å². The summed E-state index contributed by atoms with van der Waals surface area (Å²) in [5.74, 6) is -0.490. The highest BCUT2D eigenvalue weighted by Crippen LogP contribution is 2.30. The lowest BCUT2D eigenvalue weighted by atomic mass is 10.1. The third kappa shape index (κ3) is 5.25. The van der Waals surface area contributed by atoms with Gasteiger partial charge in [0.15, 0.2) is 0 Å². The van der Waals surface area contributed by atoms with Crippen LogP contribution < -0.4 is 0 Å². The van der Waals surface area contributed by atoms with Crippen LogP contribution in [0.25, 0.3) is 0 Å². The normalized spacial score (nSPS) is 15.6. The van der Waals surface area contributed by atoms with E-state index in [1.807, 2.05) is 0 Å². The predicted molar refractivity (Wildman–Crippen MR) is 108 cm³/mol. The summed E-state index contributed by atoms with van der Waals surface area (Å²) in [7, 11) is -2.34. The standard InChI is InChI=1S/C21H23F3N2O4S/c1-15-6-7-17(13-19(15)31(28,29)26-8-10-30-11-9-26)20(27)25(2)14-16-4-3-5-18(12-16)21(22,23)24/h3-7,12-13H,8-11,14H2,1-2H3. The molecule has 1 saturated heterocycles. The predicted octanol–water partition coefficient (Wildman–Crippen LogP) is 3.31. The van der Waals surface area contributed by atoms with Crippen molar-refractivity contribution in [2.45, 2.75) is 24.5 Å². The average molecular weight is 456 g/mol. The fourth-order valence-electron chi connectivity index (χ4n) is 3.35. The number of benzene rings is 2. The highest BCUT2D eigenvalue weighted by Gasteiger charge is 2.31. The fourth-order valence-corrected chi connectivity index (χ4v) is 5.01. The Morgan fingerprint density at radius 1 is 1.13 bits per heavy atom. The van der Waals surface area contributed by atoms with E-state index in [2.05, 4.69) is 0 Å². The molecule has 1 aliphatic rings. The Kier molecular flexibility index (Phi) is 6.73. The van der Waals surface area contributed by atoms with Crippen molar-refractivity contribution in [3.63, 3.8) is 0 Å². The zero-order chi connectivity index (χ0) is 22.8. The molecule has 0 N–H and O–H groups in total. The van der Waals surface area contributed by atoms with Crippen LogP contribution in [0, 0.1) is 6.92 Å². The smallest absolute Gasteiger partial charge is 0.379 e. The number of rotatable bonds is 5. The van der Waals surface area contributed by atoms with Gasteiger partial charge < -0.3 is 9.64 Å². The topological polar surface area (TPSA) is 66.9 Å². The number of ether oxygens (including phenoxy) is 1. The van der Waals surface area contributed by atoms with Gasteiger partial charge in [0.05, 0.1) is 23.7 Å². The second kappa shape index (κ2) is 8.97. The maximum atomic E-state index is 13.0. The zero-order valence-electron chi connectivity index (χ0n) is 17.1. The van der Waals surface area contributed by atoms with E-state index in [1.165, 1.54) is 40.5 Å². The van der Waals surface area contributed by atoms with E-state index < -0.39 is 27.7 Å². The quantitative estimate of drug-likeness (QED) is 0.693. The van der Waals surface area contributed by atoms with Gasteiger partial charge >= 0.3 is 6.18 Å². The van der Waals surface area contributed by atoms with Gasteiger partial charge in [-0.2, -0.15) is 17.5 Å². The third-order valence-corrected chi connectivity index (χ3v) is 7.08. The number of amides is 1. The van der Waals surface area contributed by atoms with E-state index in [4.69, 9.17) is 4.74 Å². The number of carbonyl (C=O) groups excluding carboxylic acids is 1. The minimum absolute atomic E-state index is 0.0349. The number of hydrogen-bond acceptors (Lipinski definition) is 4. The van der Waals surface area contributed by atoms with E-state index in [0.717, 1.165) is 12.1 Å². The molecule has 168 valence electrons. The molecule has 3 rings (SSSR count). The van der Waals surface area contributed by atoms with Crippen molar-refractivity contribution in [3.05, 3.63) is 64.7 Å². The molecule has 0 atom stereocenters.